The Morgan fingerprint density at radius 3 is 2.18 bits per heavy atom. The summed E-state index contributed by atoms with van der Waals surface area (Å²) in [6, 6.07) is 7.46. The van der Waals surface area contributed by atoms with Gasteiger partial charge in [0.1, 0.15) is 0 Å². The van der Waals surface area contributed by atoms with Crippen molar-refractivity contribution in [1.29, 1.82) is 0 Å². The lowest BCUT2D eigenvalue weighted by molar-refractivity contribution is 0.246. The van der Waals surface area contributed by atoms with Gasteiger partial charge in [-0.25, -0.2) is 4.39 Å². The van der Waals surface area contributed by atoms with Crippen LogP contribution in [0.3, 0.4) is 0 Å². The van der Waals surface area contributed by atoms with Crippen LogP contribution in [0.4, 0.5) is 8.78 Å². The van der Waals surface area contributed by atoms with Gasteiger partial charge in [0.25, 0.3) is 0 Å². The van der Waals surface area contributed by atoms with Crippen molar-refractivity contribution in [2.75, 3.05) is 7.11 Å². The van der Waals surface area contributed by atoms with Crippen LogP contribution in [0.25, 0.3) is 10.8 Å². The van der Waals surface area contributed by atoms with Crippen LogP contribution in [0, 0.1) is 29.4 Å². The van der Waals surface area contributed by atoms with Crippen LogP contribution >= 0.6 is 0 Å². The Morgan fingerprint density at radius 2 is 1.55 bits per heavy atom. The average molecular weight is 455 g/mol. The van der Waals surface area contributed by atoms with Gasteiger partial charge in [0.15, 0.2) is 11.6 Å². The first-order chi connectivity index (χ1) is 16.1. The van der Waals surface area contributed by atoms with Gasteiger partial charge < -0.3 is 4.74 Å². The number of hydrogen-bond donors (Lipinski definition) is 0. The normalized spacial score (nSPS) is 26.2. The molecule has 0 N–H and O–H groups in total. The average Bonchev–Trinajstić information content (AvgIpc) is 2.86. The van der Waals surface area contributed by atoms with Crippen molar-refractivity contribution in [2.24, 2.45) is 17.8 Å². The number of fused-ring (bicyclic) bond motifs is 1. The first-order valence-corrected chi connectivity index (χ1v) is 13.2. The predicted octanol–water partition coefficient (Wildman–Crippen LogP) is 9.34. The molecule has 33 heavy (non-hydrogen) atoms. The molecule has 2 aliphatic carbocycles. The maximum atomic E-state index is 14.6. The van der Waals surface area contributed by atoms with E-state index in [0.29, 0.717) is 16.7 Å². The summed E-state index contributed by atoms with van der Waals surface area (Å²) in [5.74, 6) is 1.32. The Balaban J connectivity index is 1.25. The number of hydrogen-bond acceptors (Lipinski definition) is 1. The van der Waals surface area contributed by atoms with Gasteiger partial charge in [-0.1, -0.05) is 50.5 Å². The highest BCUT2D eigenvalue weighted by atomic mass is 19.2. The van der Waals surface area contributed by atoms with Crippen LogP contribution in [0.15, 0.2) is 36.4 Å². The van der Waals surface area contributed by atoms with Crippen molar-refractivity contribution < 1.29 is 13.5 Å². The lowest BCUT2D eigenvalue weighted by atomic mass is 9.74. The molecular formula is C30H40F2O. The molecule has 0 atom stereocenters. The fourth-order valence-electron chi connectivity index (χ4n) is 6.10. The second-order valence-electron chi connectivity index (χ2n) is 10.5. The number of methoxy groups -OCH3 is 1. The van der Waals surface area contributed by atoms with E-state index in [1.54, 1.807) is 6.07 Å². The highest BCUT2D eigenvalue weighted by Crippen LogP contribution is 2.41. The van der Waals surface area contributed by atoms with Crippen LogP contribution in [-0.4, -0.2) is 7.11 Å². The minimum atomic E-state index is -0.892. The number of halogens is 2. The lowest BCUT2D eigenvalue weighted by Crippen LogP contribution is -2.17. The van der Waals surface area contributed by atoms with Crippen LogP contribution in [0.1, 0.15) is 95.5 Å². The highest BCUT2D eigenvalue weighted by molar-refractivity contribution is 5.85. The smallest absolute Gasteiger partial charge is 0.201 e. The predicted molar refractivity (Wildman–Crippen MR) is 134 cm³/mol. The summed E-state index contributed by atoms with van der Waals surface area (Å²) in [5.41, 5.74) is 1.15. The quantitative estimate of drug-likeness (QED) is 0.361. The molecule has 0 aliphatic heterocycles. The first-order valence-electron chi connectivity index (χ1n) is 13.2. The van der Waals surface area contributed by atoms with Crippen molar-refractivity contribution in [3.63, 3.8) is 0 Å². The first kappa shape index (κ1) is 24.2. The molecule has 0 heterocycles. The maximum Gasteiger partial charge on any atom is 0.201 e. The minimum Gasteiger partial charge on any atom is -0.494 e. The molecule has 0 unspecified atom stereocenters. The van der Waals surface area contributed by atoms with Gasteiger partial charge in [-0.2, -0.15) is 4.39 Å². The van der Waals surface area contributed by atoms with Crippen LogP contribution in [0.2, 0.25) is 0 Å². The summed E-state index contributed by atoms with van der Waals surface area (Å²) in [4.78, 5) is 0. The highest BCUT2D eigenvalue weighted by Gasteiger charge is 2.25. The standard InChI is InChI=1S/C30H40F2O/c1-3-4-5-6-21-7-9-22(10-8-21)11-12-23-13-15-24(16-14-23)25-17-18-26-20-28(33-2)30(32)29(31)27(26)19-25/h5-6,17-24H,3-4,7-16H2,1-2H3/b6-5+. The third-order valence-corrected chi connectivity index (χ3v) is 8.29. The molecule has 0 amide bonds. The number of unbranched alkanes of at least 4 members (excludes halogenated alkanes) is 1. The Morgan fingerprint density at radius 1 is 0.879 bits per heavy atom. The SMILES string of the molecule is CCC/C=C/C1CCC(CCC2CCC(c3ccc4cc(OC)c(F)c(F)c4c3)CC2)CC1. The van der Waals surface area contributed by atoms with E-state index in [9.17, 15) is 8.78 Å². The van der Waals surface area contributed by atoms with Crippen molar-refractivity contribution in [3.05, 3.63) is 53.6 Å². The fraction of sp³-hybridized carbons (Fsp3) is 0.600. The molecule has 2 aromatic rings. The maximum absolute atomic E-state index is 14.6. The molecule has 1 nitrogen and oxygen atoms in total. The summed E-state index contributed by atoms with van der Waals surface area (Å²) < 4.78 is 33.7. The molecule has 2 aromatic carbocycles. The molecule has 0 aromatic heterocycles. The van der Waals surface area contributed by atoms with E-state index in [1.165, 1.54) is 71.3 Å². The fourth-order valence-corrected chi connectivity index (χ4v) is 6.10. The van der Waals surface area contributed by atoms with E-state index in [2.05, 4.69) is 25.1 Å². The molecule has 2 saturated carbocycles. The molecule has 0 spiro atoms. The molecule has 0 bridgehead atoms. The van der Waals surface area contributed by atoms with Crippen LogP contribution < -0.4 is 4.74 Å². The topological polar surface area (TPSA) is 9.23 Å². The van der Waals surface area contributed by atoms with Gasteiger partial charge in [-0.05, 0) is 105 Å². The van der Waals surface area contributed by atoms with Gasteiger partial charge in [-0.3, -0.25) is 0 Å². The molecule has 2 fully saturated rings. The van der Waals surface area contributed by atoms with Crippen molar-refractivity contribution in [2.45, 2.75) is 89.9 Å². The van der Waals surface area contributed by atoms with Gasteiger partial charge in [0.05, 0.1) is 7.11 Å². The van der Waals surface area contributed by atoms with Crippen molar-refractivity contribution >= 4 is 10.8 Å². The monoisotopic (exact) mass is 454 g/mol. The third kappa shape index (κ3) is 5.97. The molecule has 0 radical (unpaired) electrons. The number of ether oxygens (including phenoxy) is 1. The summed E-state index contributed by atoms with van der Waals surface area (Å²) >= 11 is 0. The summed E-state index contributed by atoms with van der Waals surface area (Å²) in [6.45, 7) is 2.25. The molecule has 2 aliphatic rings. The van der Waals surface area contributed by atoms with Crippen molar-refractivity contribution in [3.8, 4) is 5.75 Å². The van der Waals surface area contributed by atoms with E-state index >= 15 is 0 Å². The summed E-state index contributed by atoms with van der Waals surface area (Å²) in [7, 11) is 1.37. The summed E-state index contributed by atoms with van der Waals surface area (Å²) in [6.07, 6.45) is 20.5. The Bertz CT molecular complexity index is 934. The summed E-state index contributed by atoms with van der Waals surface area (Å²) in [5, 5.41) is 1.06. The van der Waals surface area contributed by atoms with Gasteiger partial charge in [0.2, 0.25) is 5.82 Å². The van der Waals surface area contributed by atoms with E-state index < -0.39 is 11.6 Å². The number of allylic oxidation sites excluding steroid dienone is 2. The molecule has 0 saturated heterocycles. The zero-order valence-electron chi connectivity index (χ0n) is 20.4. The van der Waals surface area contributed by atoms with Crippen LogP contribution in [0.5, 0.6) is 5.75 Å². The molecule has 180 valence electrons. The van der Waals surface area contributed by atoms with E-state index in [0.717, 1.165) is 36.2 Å². The number of benzene rings is 2. The minimum absolute atomic E-state index is 0.0327. The van der Waals surface area contributed by atoms with Gasteiger partial charge >= 0.3 is 0 Å². The Hall–Kier alpha value is -1.90. The van der Waals surface area contributed by atoms with E-state index in [-0.39, 0.29) is 5.75 Å². The van der Waals surface area contributed by atoms with E-state index in [1.807, 2.05) is 12.1 Å². The zero-order valence-corrected chi connectivity index (χ0v) is 20.4. The molecule has 4 rings (SSSR count). The van der Waals surface area contributed by atoms with Crippen LogP contribution in [-0.2, 0) is 0 Å². The third-order valence-electron chi connectivity index (χ3n) is 8.29. The largest absolute Gasteiger partial charge is 0.494 e. The van der Waals surface area contributed by atoms with Gasteiger partial charge in [-0.15, -0.1) is 0 Å². The van der Waals surface area contributed by atoms with Crippen molar-refractivity contribution in [1.82, 2.24) is 0 Å². The second kappa shape index (κ2) is 11.5. The molecule has 3 heteroatoms. The van der Waals surface area contributed by atoms with Gasteiger partial charge in [0, 0.05) is 5.39 Å². The second-order valence-corrected chi connectivity index (χ2v) is 10.5. The lowest BCUT2D eigenvalue weighted by Gasteiger charge is -2.31. The molecular weight excluding hydrogens is 414 g/mol. The Labute approximate surface area is 198 Å². The van der Waals surface area contributed by atoms with E-state index in [4.69, 9.17) is 4.74 Å². The Kier molecular flexibility index (Phi) is 8.44. The zero-order chi connectivity index (χ0) is 23.2. The number of rotatable bonds is 8.